The number of carbonyl (C=O) groups is 1. The highest BCUT2D eigenvalue weighted by Gasteiger charge is 2.58. The van der Waals surface area contributed by atoms with Crippen LogP contribution in [0.3, 0.4) is 0 Å². The molecule has 3 aliphatic rings. The number of nitrogens with one attached hydrogen (secondary N) is 1. The summed E-state index contributed by atoms with van der Waals surface area (Å²) < 4.78 is 24.6. The first kappa shape index (κ1) is 14.2. The number of nitrogens with zero attached hydrogens (tertiary/aromatic N) is 2. The van der Waals surface area contributed by atoms with Crippen molar-refractivity contribution in [1.29, 1.82) is 0 Å². The second-order valence-corrected chi connectivity index (χ2v) is 6.39. The van der Waals surface area contributed by atoms with E-state index >= 15 is 0 Å². The lowest BCUT2D eigenvalue weighted by Gasteiger charge is -2.35. The first-order valence-electron chi connectivity index (χ1n) is 7.61. The summed E-state index contributed by atoms with van der Waals surface area (Å²) in [5, 5.41) is 3.34. The third-order valence-corrected chi connectivity index (χ3v) is 5.17. The maximum Gasteiger partial charge on any atom is 0.251 e. The monoisotopic (exact) mass is 287 g/mol. The summed E-state index contributed by atoms with van der Waals surface area (Å²) in [5.41, 5.74) is 0.266. The number of rotatable bonds is 3. The van der Waals surface area contributed by atoms with E-state index in [1.807, 2.05) is 4.90 Å². The van der Waals surface area contributed by atoms with Crippen molar-refractivity contribution in [3.8, 4) is 0 Å². The van der Waals surface area contributed by atoms with Gasteiger partial charge in [0.2, 0.25) is 5.91 Å². The fourth-order valence-electron chi connectivity index (χ4n) is 3.74. The van der Waals surface area contributed by atoms with Crippen LogP contribution in [0.1, 0.15) is 19.3 Å². The molecule has 2 heterocycles. The molecule has 0 radical (unpaired) electrons. The number of hydrogen-bond donors (Lipinski definition) is 1. The minimum atomic E-state index is -2.28. The maximum absolute atomic E-state index is 12.5. The van der Waals surface area contributed by atoms with Crippen molar-refractivity contribution in [2.75, 3.05) is 45.8 Å². The summed E-state index contributed by atoms with van der Waals surface area (Å²) in [6.07, 6.45) is 0.965. The summed E-state index contributed by atoms with van der Waals surface area (Å²) in [6.45, 7) is 4.25. The fraction of sp³-hybridized carbons (Fsp3) is 0.929. The molecule has 1 unspecified atom stereocenters. The topological polar surface area (TPSA) is 35.6 Å². The molecule has 3 rings (SSSR count). The molecular formula is C14H23F2N3O. The van der Waals surface area contributed by atoms with Crippen LogP contribution in [0.2, 0.25) is 0 Å². The van der Waals surface area contributed by atoms with Gasteiger partial charge < -0.3 is 10.2 Å². The van der Waals surface area contributed by atoms with Gasteiger partial charge >= 0.3 is 0 Å². The lowest BCUT2D eigenvalue weighted by molar-refractivity contribution is -0.135. The summed E-state index contributed by atoms with van der Waals surface area (Å²) in [7, 11) is 0. The van der Waals surface area contributed by atoms with Gasteiger partial charge in [0.05, 0.1) is 6.54 Å². The van der Waals surface area contributed by atoms with Gasteiger partial charge in [-0.05, 0) is 37.8 Å². The Morgan fingerprint density at radius 2 is 1.85 bits per heavy atom. The highest BCUT2D eigenvalue weighted by molar-refractivity contribution is 5.82. The molecule has 0 bridgehead atoms. The van der Waals surface area contributed by atoms with E-state index in [4.69, 9.17) is 0 Å². The molecule has 0 aromatic rings. The molecule has 0 aromatic carbocycles. The van der Waals surface area contributed by atoms with Gasteiger partial charge in [0.15, 0.2) is 0 Å². The minimum absolute atomic E-state index is 0.166. The van der Waals surface area contributed by atoms with Gasteiger partial charge in [-0.2, -0.15) is 0 Å². The third-order valence-electron chi connectivity index (χ3n) is 5.17. The number of piperidine rings is 1. The van der Waals surface area contributed by atoms with Crippen LogP contribution in [-0.2, 0) is 4.79 Å². The lowest BCUT2D eigenvalue weighted by Crippen LogP contribution is -2.50. The molecule has 2 saturated heterocycles. The summed E-state index contributed by atoms with van der Waals surface area (Å²) in [4.78, 5) is 16.1. The lowest BCUT2D eigenvalue weighted by atomic mass is 9.91. The number of amides is 1. The Labute approximate surface area is 118 Å². The van der Waals surface area contributed by atoms with E-state index < -0.39 is 6.43 Å². The summed E-state index contributed by atoms with van der Waals surface area (Å²) in [6, 6.07) is 0. The van der Waals surface area contributed by atoms with Crippen LogP contribution in [0.4, 0.5) is 8.78 Å². The molecule has 0 aromatic heterocycles. The average Bonchev–Trinajstić information content (AvgIpc) is 3.12. The molecule has 1 aliphatic carbocycles. The van der Waals surface area contributed by atoms with Crippen molar-refractivity contribution in [3.05, 3.63) is 0 Å². The fourth-order valence-corrected chi connectivity index (χ4v) is 3.74. The van der Waals surface area contributed by atoms with Crippen molar-refractivity contribution in [1.82, 2.24) is 15.1 Å². The Bertz CT molecular complexity index is 363. The van der Waals surface area contributed by atoms with Crippen molar-refractivity contribution in [2.45, 2.75) is 25.7 Å². The van der Waals surface area contributed by atoms with E-state index in [9.17, 15) is 13.6 Å². The smallest absolute Gasteiger partial charge is 0.251 e. The van der Waals surface area contributed by atoms with E-state index in [0.29, 0.717) is 26.2 Å². The van der Waals surface area contributed by atoms with Gasteiger partial charge in [-0.3, -0.25) is 9.69 Å². The highest BCUT2D eigenvalue weighted by atomic mass is 19.3. The minimum Gasteiger partial charge on any atom is -0.340 e. The molecular weight excluding hydrogens is 264 g/mol. The van der Waals surface area contributed by atoms with Crippen LogP contribution >= 0.6 is 0 Å². The van der Waals surface area contributed by atoms with E-state index in [2.05, 4.69) is 5.32 Å². The molecule has 4 nitrogen and oxygen atoms in total. The number of carbonyl (C=O) groups excluding carboxylic acids is 1. The Hall–Kier alpha value is -0.750. The quantitative estimate of drug-likeness (QED) is 0.833. The highest BCUT2D eigenvalue weighted by Crippen LogP contribution is 2.59. The zero-order chi connectivity index (χ0) is 14.2. The van der Waals surface area contributed by atoms with Gasteiger partial charge in [-0.25, -0.2) is 8.78 Å². The number of piperazine rings is 1. The normalized spacial score (nSPS) is 29.9. The molecule has 114 valence electrons. The van der Waals surface area contributed by atoms with E-state index in [1.165, 1.54) is 0 Å². The Morgan fingerprint density at radius 3 is 2.45 bits per heavy atom. The molecule has 1 saturated carbocycles. The van der Waals surface area contributed by atoms with E-state index in [1.54, 1.807) is 4.90 Å². The predicted molar refractivity (Wildman–Crippen MR) is 71.7 cm³/mol. The summed E-state index contributed by atoms with van der Waals surface area (Å²) in [5.74, 6) is 0.467. The first-order valence-corrected chi connectivity index (χ1v) is 7.61. The molecule has 2 aliphatic heterocycles. The van der Waals surface area contributed by atoms with Gasteiger partial charge in [-0.15, -0.1) is 0 Å². The second kappa shape index (κ2) is 5.56. The summed E-state index contributed by atoms with van der Waals surface area (Å²) >= 11 is 0. The van der Waals surface area contributed by atoms with Crippen LogP contribution in [0, 0.1) is 11.3 Å². The van der Waals surface area contributed by atoms with Crippen molar-refractivity contribution < 1.29 is 13.6 Å². The van der Waals surface area contributed by atoms with Crippen molar-refractivity contribution in [2.24, 2.45) is 11.3 Å². The largest absolute Gasteiger partial charge is 0.340 e. The number of hydrogen-bond acceptors (Lipinski definition) is 3. The Morgan fingerprint density at radius 1 is 1.20 bits per heavy atom. The second-order valence-electron chi connectivity index (χ2n) is 6.39. The molecule has 1 amide bonds. The van der Waals surface area contributed by atoms with Gasteiger partial charge in [0.1, 0.15) is 0 Å². The third kappa shape index (κ3) is 2.81. The Balaban J connectivity index is 1.48. The van der Waals surface area contributed by atoms with E-state index in [0.717, 1.165) is 32.4 Å². The van der Waals surface area contributed by atoms with Gasteiger partial charge in [0, 0.05) is 32.1 Å². The number of halogens is 2. The number of alkyl halides is 2. The molecule has 20 heavy (non-hydrogen) atoms. The van der Waals surface area contributed by atoms with Crippen molar-refractivity contribution in [3.63, 3.8) is 0 Å². The molecule has 1 atom stereocenters. The molecule has 6 heteroatoms. The molecule has 3 fully saturated rings. The predicted octanol–water partition coefficient (Wildman–Crippen LogP) is 0.785. The van der Waals surface area contributed by atoms with Crippen LogP contribution < -0.4 is 5.32 Å². The first-order chi connectivity index (χ1) is 9.61. The zero-order valence-corrected chi connectivity index (χ0v) is 11.8. The van der Waals surface area contributed by atoms with Crippen LogP contribution in [0.5, 0.6) is 0 Å². The Kier molecular flexibility index (Phi) is 3.95. The standard InChI is InChI=1S/C14H23F2N3O/c15-12(16)10-18-5-7-19(8-6-18)13(20)11-9-14(11)1-3-17-4-2-14/h11-12,17H,1-10H2. The van der Waals surface area contributed by atoms with Crippen LogP contribution in [0.25, 0.3) is 0 Å². The molecule has 1 N–H and O–H groups in total. The van der Waals surface area contributed by atoms with Crippen LogP contribution in [0.15, 0.2) is 0 Å². The van der Waals surface area contributed by atoms with E-state index in [-0.39, 0.29) is 23.8 Å². The van der Waals surface area contributed by atoms with Gasteiger partial charge in [0.25, 0.3) is 6.43 Å². The zero-order valence-electron chi connectivity index (χ0n) is 11.8. The van der Waals surface area contributed by atoms with Crippen molar-refractivity contribution >= 4 is 5.91 Å². The maximum atomic E-state index is 12.5. The van der Waals surface area contributed by atoms with Gasteiger partial charge in [-0.1, -0.05) is 0 Å². The average molecular weight is 287 g/mol. The molecule has 1 spiro atoms. The SMILES string of the molecule is O=C(C1CC12CCNCC2)N1CCN(CC(F)F)CC1. The van der Waals surface area contributed by atoms with Crippen LogP contribution in [-0.4, -0.2) is 67.9 Å².